The molecule has 72 valence electrons. The SMILES string of the molecule is COc1ccc(OCCBr)c(Br)c1. The Balaban J connectivity index is 2.73. The lowest BCUT2D eigenvalue weighted by Gasteiger charge is -2.07. The second-order valence-electron chi connectivity index (χ2n) is 2.33. The van der Waals surface area contributed by atoms with E-state index >= 15 is 0 Å². The summed E-state index contributed by atoms with van der Waals surface area (Å²) in [5.74, 6) is 1.65. The van der Waals surface area contributed by atoms with Crippen molar-refractivity contribution in [2.24, 2.45) is 0 Å². The second-order valence-corrected chi connectivity index (χ2v) is 3.98. The Morgan fingerprint density at radius 2 is 2.15 bits per heavy atom. The minimum atomic E-state index is 0.658. The molecule has 13 heavy (non-hydrogen) atoms. The lowest BCUT2D eigenvalue weighted by Crippen LogP contribution is -1.98. The lowest BCUT2D eigenvalue weighted by molar-refractivity contribution is 0.341. The first kappa shape index (κ1) is 10.9. The van der Waals surface area contributed by atoms with Gasteiger partial charge in [0.2, 0.25) is 0 Å². The smallest absolute Gasteiger partial charge is 0.133 e. The second kappa shape index (κ2) is 5.50. The van der Waals surface area contributed by atoms with Crippen LogP contribution in [0, 0.1) is 0 Å². The van der Waals surface area contributed by atoms with Gasteiger partial charge in [-0.1, -0.05) is 15.9 Å². The van der Waals surface area contributed by atoms with Crippen LogP contribution >= 0.6 is 31.9 Å². The van der Waals surface area contributed by atoms with Crippen LogP contribution in [0.4, 0.5) is 0 Å². The van der Waals surface area contributed by atoms with Crippen molar-refractivity contribution in [3.05, 3.63) is 22.7 Å². The molecule has 1 aromatic carbocycles. The fourth-order valence-electron chi connectivity index (χ4n) is 0.874. The van der Waals surface area contributed by atoms with E-state index in [0.717, 1.165) is 21.3 Å². The minimum absolute atomic E-state index is 0.658. The molecule has 2 nitrogen and oxygen atoms in total. The molecule has 0 spiro atoms. The summed E-state index contributed by atoms with van der Waals surface area (Å²) in [5.41, 5.74) is 0. The fraction of sp³-hybridized carbons (Fsp3) is 0.333. The van der Waals surface area contributed by atoms with Gasteiger partial charge in [0.25, 0.3) is 0 Å². The zero-order valence-electron chi connectivity index (χ0n) is 7.22. The van der Waals surface area contributed by atoms with Crippen LogP contribution in [-0.4, -0.2) is 19.0 Å². The monoisotopic (exact) mass is 308 g/mol. The lowest BCUT2D eigenvalue weighted by atomic mass is 10.3. The molecule has 1 aromatic rings. The molecule has 0 heterocycles. The highest BCUT2D eigenvalue weighted by molar-refractivity contribution is 9.10. The molecular weight excluding hydrogens is 300 g/mol. The molecule has 0 radical (unpaired) electrons. The highest BCUT2D eigenvalue weighted by atomic mass is 79.9. The number of alkyl halides is 1. The Kier molecular flexibility index (Phi) is 4.59. The van der Waals surface area contributed by atoms with Crippen LogP contribution in [0.15, 0.2) is 22.7 Å². The molecule has 0 N–H and O–H groups in total. The van der Waals surface area contributed by atoms with E-state index in [1.165, 1.54) is 0 Å². The number of rotatable bonds is 4. The molecule has 0 atom stereocenters. The largest absolute Gasteiger partial charge is 0.497 e. The van der Waals surface area contributed by atoms with E-state index in [0.29, 0.717) is 6.61 Å². The summed E-state index contributed by atoms with van der Waals surface area (Å²) in [7, 11) is 1.64. The van der Waals surface area contributed by atoms with Gasteiger partial charge >= 0.3 is 0 Å². The first-order valence-electron chi connectivity index (χ1n) is 3.80. The van der Waals surface area contributed by atoms with Crippen LogP contribution in [0.3, 0.4) is 0 Å². The maximum absolute atomic E-state index is 5.44. The summed E-state index contributed by atoms with van der Waals surface area (Å²) in [6.45, 7) is 0.658. The molecule has 4 heteroatoms. The Morgan fingerprint density at radius 1 is 1.38 bits per heavy atom. The fourth-order valence-corrected chi connectivity index (χ4v) is 1.51. The van der Waals surface area contributed by atoms with Gasteiger partial charge in [-0.2, -0.15) is 0 Å². The van der Waals surface area contributed by atoms with Crippen molar-refractivity contribution < 1.29 is 9.47 Å². The van der Waals surface area contributed by atoms with Crippen molar-refractivity contribution in [2.75, 3.05) is 19.0 Å². The highest BCUT2D eigenvalue weighted by Gasteiger charge is 2.01. The molecule has 0 unspecified atom stereocenters. The van der Waals surface area contributed by atoms with Gasteiger partial charge in [0, 0.05) is 5.33 Å². The van der Waals surface area contributed by atoms with E-state index < -0.39 is 0 Å². The summed E-state index contributed by atoms with van der Waals surface area (Å²) >= 11 is 6.69. The van der Waals surface area contributed by atoms with Crippen molar-refractivity contribution in [3.63, 3.8) is 0 Å². The number of benzene rings is 1. The van der Waals surface area contributed by atoms with Crippen LogP contribution in [0.25, 0.3) is 0 Å². The predicted octanol–water partition coefficient (Wildman–Crippen LogP) is 3.23. The summed E-state index contributed by atoms with van der Waals surface area (Å²) in [6.07, 6.45) is 0. The molecule has 1 rings (SSSR count). The van der Waals surface area contributed by atoms with E-state index in [1.807, 2.05) is 18.2 Å². The summed E-state index contributed by atoms with van der Waals surface area (Å²) < 4.78 is 11.4. The average Bonchev–Trinajstić information content (AvgIpc) is 2.16. The molecule has 0 aliphatic carbocycles. The van der Waals surface area contributed by atoms with Gasteiger partial charge in [0.15, 0.2) is 0 Å². The van der Waals surface area contributed by atoms with E-state index in [4.69, 9.17) is 9.47 Å². The standard InChI is InChI=1S/C9H10Br2O2/c1-12-7-2-3-9(8(11)6-7)13-5-4-10/h2-3,6H,4-5H2,1H3. The third kappa shape index (κ3) is 3.19. The van der Waals surface area contributed by atoms with E-state index in [9.17, 15) is 0 Å². The topological polar surface area (TPSA) is 18.5 Å². The van der Waals surface area contributed by atoms with Crippen molar-refractivity contribution in [2.45, 2.75) is 0 Å². The van der Waals surface area contributed by atoms with Crippen molar-refractivity contribution in [1.82, 2.24) is 0 Å². The van der Waals surface area contributed by atoms with Crippen LogP contribution in [-0.2, 0) is 0 Å². The molecule has 0 aliphatic heterocycles. The van der Waals surface area contributed by atoms with Crippen LogP contribution < -0.4 is 9.47 Å². The maximum Gasteiger partial charge on any atom is 0.133 e. The zero-order chi connectivity index (χ0) is 9.68. The number of methoxy groups -OCH3 is 1. The van der Waals surface area contributed by atoms with Gasteiger partial charge in [0.05, 0.1) is 18.2 Å². The van der Waals surface area contributed by atoms with Gasteiger partial charge in [-0.15, -0.1) is 0 Å². The maximum atomic E-state index is 5.44. The first-order valence-corrected chi connectivity index (χ1v) is 5.71. The normalized spacial score (nSPS) is 9.77. The molecule has 0 saturated carbocycles. The number of ether oxygens (including phenoxy) is 2. The van der Waals surface area contributed by atoms with Gasteiger partial charge < -0.3 is 9.47 Å². The molecule has 0 fully saturated rings. The summed E-state index contributed by atoms with van der Waals surface area (Å²) in [6, 6.07) is 5.63. The third-order valence-corrected chi connectivity index (χ3v) is 2.42. The Morgan fingerprint density at radius 3 is 2.69 bits per heavy atom. The summed E-state index contributed by atoms with van der Waals surface area (Å²) in [5, 5.41) is 0.825. The van der Waals surface area contributed by atoms with Crippen LogP contribution in [0.5, 0.6) is 11.5 Å². The zero-order valence-corrected chi connectivity index (χ0v) is 10.4. The van der Waals surface area contributed by atoms with Crippen molar-refractivity contribution >= 4 is 31.9 Å². The van der Waals surface area contributed by atoms with E-state index in [-0.39, 0.29) is 0 Å². The van der Waals surface area contributed by atoms with Crippen molar-refractivity contribution in [1.29, 1.82) is 0 Å². The summed E-state index contributed by atoms with van der Waals surface area (Å²) in [4.78, 5) is 0. The Bertz CT molecular complexity index is 276. The Labute approximate surface area is 94.5 Å². The molecular formula is C9H10Br2O2. The first-order chi connectivity index (χ1) is 6.27. The van der Waals surface area contributed by atoms with Crippen molar-refractivity contribution in [3.8, 4) is 11.5 Å². The molecule has 0 aliphatic rings. The van der Waals surface area contributed by atoms with Crippen LogP contribution in [0.1, 0.15) is 0 Å². The van der Waals surface area contributed by atoms with Gasteiger partial charge in [-0.05, 0) is 34.1 Å². The third-order valence-electron chi connectivity index (χ3n) is 1.47. The predicted molar refractivity (Wildman–Crippen MR) is 60.0 cm³/mol. The van der Waals surface area contributed by atoms with E-state index in [2.05, 4.69) is 31.9 Å². The van der Waals surface area contributed by atoms with Gasteiger partial charge in [-0.3, -0.25) is 0 Å². The molecule has 0 aromatic heterocycles. The number of hydrogen-bond donors (Lipinski definition) is 0. The average molecular weight is 310 g/mol. The molecule has 0 bridgehead atoms. The van der Waals surface area contributed by atoms with E-state index in [1.54, 1.807) is 7.11 Å². The number of halogens is 2. The highest BCUT2D eigenvalue weighted by Crippen LogP contribution is 2.28. The van der Waals surface area contributed by atoms with Gasteiger partial charge in [-0.25, -0.2) is 0 Å². The molecule has 0 saturated heterocycles. The van der Waals surface area contributed by atoms with Crippen LogP contribution in [0.2, 0.25) is 0 Å². The number of hydrogen-bond acceptors (Lipinski definition) is 2. The molecule has 0 amide bonds. The minimum Gasteiger partial charge on any atom is -0.497 e. The van der Waals surface area contributed by atoms with Gasteiger partial charge in [0.1, 0.15) is 11.5 Å². The Hall–Kier alpha value is -0.220. The quantitative estimate of drug-likeness (QED) is 0.795.